The molecular weight excluding hydrogens is 474 g/mol. The first-order valence-corrected chi connectivity index (χ1v) is 12.0. The van der Waals surface area contributed by atoms with E-state index < -0.39 is 21.6 Å². The molecule has 10 heteroatoms. The van der Waals surface area contributed by atoms with E-state index in [2.05, 4.69) is 5.32 Å². The van der Waals surface area contributed by atoms with Crippen LogP contribution < -0.4 is 5.32 Å². The van der Waals surface area contributed by atoms with Crippen LogP contribution in [0.3, 0.4) is 0 Å². The minimum atomic E-state index is -3.75. The van der Waals surface area contributed by atoms with Crippen LogP contribution >= 0.6 is 34.8 Å². The number of carbonyl (C=O) groups is 1. The molecule has 1 saturated heterocycles. The normalized spacial score (nSPS) is 15.9. The van der Waals surface area contributed by atoms with E-state index in [1.165, 1.54) is 22.5 Å². The summed E-state index contributed by atoms with van der Waals surface area (Å²) in [6, 6.07) is 9.11. The molecule has 1 aliphatic rings. The third-order valence-corrected chi connectivity index (χ3v) is 7.82. The van der Waals surface area contributed by atoms with Crippen molar-refractivity contribution in [1.82, 2.24) is 9.62 Å². The molecule has 1 N–H and O–H groups in total. The summed E-state index contributed by atoms with van der Waals surface area (Å²) in [4.78, 5) is 12.5. The molecular formula is C20H20Cl3FN2O3S. The van der Waals surface area contributed by atoms with E-state index in [-0.39, 0.29) is 42.0 Å². The average molecular weight is 494 g/mol. The molecule has 2 aromatic carbocycles. The van der Waals surface area contributed by atoms with Crippen molar-refractivity contribution < 1.29 is 17.6 Å². The van der Waals surface area contributed by atoms with E-state index in [0.717, 1.165) is 5.56 Å². The Morgan fingerprint density at radius 1 is 1.10 bits per heavy atom. The maximum Gasteiger partial charge on any atom is 0.223 e. The Morgan fingerprint density at radius 3 is 2.43 bits per heavy atom. The van der Waals surface area contributed by atoms with Crippen LogP contribution in [0.1, 0.15) is 24.0 Å². The lowest BCUT2D eigenvalue weighted by Gasteiger charge is -2.30. The van der Waals surface area contributed by atoms with Crippen LogP contribution in [0.5, 0.6) is 0 Å². The molecule has 0 saturated carbocycles. The number of nitrogens with zero attached hydrogens (tertiary/aromatic N) is 1. The van der Waals surface area contributed by atoms with Gasteiger partial charge < -0.3 is 5.32 Å². The van der Waals surface area contributed by atoms with E-state index in [9.17, 15) is 17.6 Å². The number of nitrogens with one attached hydrogen (secondary N) is 1. The average Bonchev–Trinajstić information content (AvgIpc) is 2.70. The topological polar surface area (TPSA) is 66.5 Å². The van der Waals surface area contributed by atoms with Gasteiger partial charge in [-0.25, -0.2) is 17.1 Å². The fraction of sp³-hybridized carbons (Fsp3) is 0.350. The highest BCUT2D eigenvalue weighted by molar-refractivity contribution is 7.88. The lowest BCUT2D eigenvalue weighted by atomic mass is 9.97. The molecule has 30 heavy (non-hydrogen) atoms. The number of benzene rings is 2. The van der Waals surface area contributed by atoms with Gasteiger partial charge in [-0.2, -0.15) is 0 Å². The fourth-order valence-corrected chi connectivity index (χ4v) is 5.72. The van der Waals surface area contributed by atoms with E-state index in [0.29, 0.717) is 22.9 Å². The first-order chi connectivity index (χ1) is 14.2. The number of halogens is 4. The molecule has 0 spiro atoms. The van der Waals surface area contributed by atoms with Crippen molar-refractivity contribution in [2.45, 2.75) is 25.1 Å². The molecule has 5 nitrogen and oxygen atoms in total. The van der Waals surface area contributed by atoms with Crippen LogP contribution in [0.2, 0.25) is 15.1 Å². The first-order valence-electron chi connectivity index (χ1n) is 9.29. The van der Waals surface area contributed by atoms with Crippen LogP contribution in [0.4, 0.5) is 4.39 Å². The minimum absolute atomic E-state index is 0.0427. The molecule has 1 amide bonds. The number of piperidine rings is 1. The van der Waals surface area contributed by atoms with Crippen LogP contribution in [-0.2, 0) is 27.1 Å². The van der Waals surface area contributed by atoms with Crippen LogP contribution in [0.15, 0.2) is 36.4 Å². The maximum atomic E-state index is 14.0. The predicted molar refractivity (Wildman–Crippen MR) is 117 cm³/mol. The van der Waals surface area contributed by atoms with Crippen molar-refractivity contribution in [3.8, 4) is 0 Å². The minimum Gasteiger partial charge on any atom is -0.352 e. The number of hydrogen-bond acceptors (Lipinski definition) is 3. The van der Waals surface area contributed by atoms with E-state index in [4.69, 9.17) is 34.8 Å². The van der Waals surface area contributed by atoms with Gasteiger partial charge in [0.1, 0.15) is 5.82 Å². The van der Waals surface area contributed by atoms with Gasteiger partial charge in [0.2, 0.25) is 15.9 Å². The number of amides is 1. The van der Waals surface area contributed by atoms with Gasteiger partial charge in [-0.3, -0.25) is 4.79 Å². The number of sulfonamides is 1. The lowest BCUT2D eigenvalue weighted by Crippen LogP contribution is -2.43. The Hall–Kier alpha value is -1.38. The highest BCUT2D eigenvalue weighted by Gasteiger charge is 2.32. The molecule has 1 fully saturated rings. The third kappa shape index (κ3) is 5.65. The molecule has 0 radical (unpaired) electrons. The third-order valence-electron chi connectivity index (χ3n) is 5.07. The summed E-state index contributed by atoms with van der Waals surface area (Å²) in [5.74, 6) is -1.62. The molecule has 0 bridgehead atoms. The summed E-state index contributed by atoms with van der Waals surface area (Å²) < 4.78 is 40.6. The Morgan fingerprint density at radius 2 is 1.80 bits per heavy atom. The number of rotatable bonds is 6. The quantitative estimate of drug-likeness (QED) is 0.637. The van der Waals surface area contributed by atoms with Crippen molar-refractivity contribution in [2.24, 2.45) is 5.92 Å². The van der Waals surface area contributed by atoms with Gasteiger partial charge >= 0.3 is 0 Å². The van der Waals surface area contributed by atoms with Crippen molar-refractivity contribution >= 4 is 50.7 Å². The highest BCUT2D eigenvalue weighted by atomic mass is 35.5. The standard InChI is InChI=1S/C20H20Cl3FN2O3S/c21-15-5-4-14(18(23)10-15)11-25-20(27)13-6-8-26(9-7-13)30(28,29)12-16-17(22)2-1-3-19(16)24/h1-5,10,13H,6-9,11-12H2,(H,25,27). The first kappa shape index (κ1) is 23.3. The second-order valence-corrected chi connectivity index (χ2v) is 10.3. The van der Waals surface area contributed by atoms with Gasteiger partial charge in [-0.15, -0.1) is 0 Å². The predicted octanol–water partition coefficient (Wildman–Crippen LogP) is 4.64. The van der Waals surface area contributed by atoms with Gasteiger partial charge in [-0.05, 0) is 42.7 Å². The summed E-state index contributed by atoms with van der Waals surface area (Å²) in [5, 5.41) is 3.90. The Kier molecular flexibility index (Phi) is 7.63. The van der Waals surface area contributed by atoms with Crippen molar-refractivity contribution in [3.63, 3.8) is 0 Å². The van der Waals surface area contributed by atoms with E-state index in [1.807, 2.05) is 0 Å². The summed E-state index contributed by atoms with van der Waals surface area (Å²) in [7, 11) is -3.75. The monoisotopic (exact) mass is 492 g/mol. The maximum absolute atomic E-state index is 14.0. The van der Waals surface area contributed by atoms with E-state index >= 15 is 0 Å². The molecule has 0 aliphatic carbocycles. The molecule has 0 atom stereocenters. The summed E-state index contributed by atoms with van der Waals surface area (Å²) >= 11 is 17.9. The zero-order valence-electron chi connectivity index (χ0n) is 15.9. The Labute approximate surface area is 190 Å². The molecule has 0 aromatic heterocycles. The largest absolute Gasteiger partial charge is 0.352 e. The smallest absolute Gasteiger partial charge is 0.223 e. The van der Waals surface area contributed by atoms with Crippen molar-refractivity contribution in [1.29, 1.82) is 0 Å². The van der Waals surface area contributed by atoms with Crippen molar-refractivity contribution in [2.75, 3.05) is 13.1 Å². The summed E-state index contributed by atoms with van der Waals surface area (Å²) in [6.45, 7) is 0.640. The second kappa shape index (κ2) is 9.83. The van der Waals surface area contributed by atoms with E-state index in [1.54, 1.807) is 18.2 Å². The van der Waals surface area contributed by atoms with Gasteiger partial charge in [0, 0.05) is 46.2 Å². The van der Waals surface area contributed by atoms with Crippen LogP contribution in [0, 0.1) is 11.7 Å². The van der Waals surface area contributed by atoms with Gasteiger partial charge in [0.15, 0.2) is 0 Å². The number of carbonyl (C=O) groups excluding carboxylic acids is 1. The lowest BCUT2D eigenvalue weighted by molar-refractivity contribution is -0.126. The molecule has 1 aliphatic heterocycles. The summed E-state index contributed by atoms with van der Waals surface area (Å²) in [6.07, 6.45) is 0.759. The van der Waals surface area contributed by atoms with Gasteiger partial charge in [-0.1, -0.05) is 46.9 Å². The van der Waals surface area contributed by atoms with Crippen LogP contribution in [-0.4, -0.2) is 31.7 Å². The fourth-order valence-electron chi connectivity index (χ4n) is 3.33. The zero-order valence-corrected chi connectivity index (χ0v) is 19.0. The van der Waals surface area contributed by atoms with Gasteiger partial charge in [0.25, 0.3) is 0 Å². The zero-order chi connectivity index (χ0) is 21.9. The van der Waals surface area contributed by atoms with Gasteiger partial charge in [0.05, 0.1) is 5.75 Å². The molecule has 0 unspecified atom stereocenters. The van der Waals surface area contributed by atoms with Crippen LogP contribution in [0.25, 0.3) is 0 Å². The number of hydrogen-bond donors (Lipinski definition) is 1. The molecule has 162 valence electrons. The Balaban J connectivity index is 1.55. The molecule has 3 rings (SSSR count). The SMILES string of the molecule is O=C(NCc1ccc(Cl)cc1Cl)C1CCN(S(=O)(=O)Cc2c(F)cccc2Cl)CC1. The molecule has 2 aromatic rings. The highest BCUT2D eigenvalue weighted by Crippen LogP contribution is 2.26. The molecule has 1 heterocycles. The van der Waals surface area contributed by atoms with Crippen molar-refractivity contribution in [3.05, 3.63) is 68.4 Å². The Bertz CT molecular complexity index is 1020. The summed E-state index contributed by atoms with van der Waals surface area (Å²) in [5.41, 5.74) is 0.704. The second-order valence-electron chi connectivity index (χ2n) is 7.08.